The number of nitriles is 1. The smallest absolute Gasteiger partial charge is 0.261 e. The van der Waals surface area contributed by atoms with Crippen molar-refractivity contribution in [1.29, 1.82) is 5.26 Å². The monoisotopic (exact) mass is 554 g/mol. The molecular weight excluding hydrogens is 528 g/mol. The Labute approximate surface area is 225 Å². The summed E-state index contributed by atoms with van der Waals surface area (Å²) in [6.45, 7) is 0.854. The van der Waals surface area contributed by atoms with Crippen LogP contribution in [0.1, 0.15) is 23.1 Å². The molecule has 0 aliphatic heterocycles. The van der Waals surface area contributed by atoms with Gasteiger partial charge in [0.25, 0.3) is 5.91 Å². The molecule has 1 N–H and O–H groups in total. The number of methoxy groups -OCH3 is 1. The van der Waals surface area contributed by atoms with Crippen molar-refractivity contribution in [3.05, 3.63) is 112 Å². The van der Waals surface area contributed by atoms with E-state index in [2.05, 4.69) is 51.6 Å². The number of ether oxygens (including phenoxy) is 2. The van der Waals surface area contributed by atoms with Gasteiger partial charge in [-0.25, -0.2) is 0 Å². The number of aryl methyl sites for hydroxylation is 1. The van der Waals surface area contributed by atoms with Crippen molar-refractivity contribution in [3.63, 3.8) is 0 Å². The molecule has 4 rings (SSSR count). The summed E-state index contributed by atoms with van der Waals surface area (Å²) in [5.74, 6) is 0.663. The van der Waals surface area contributed by atoms with Crippen molar-refractivity contribution in [2.24, 2.45) is 0 Å². The molecule has 0 heterocycles. The van der Waals surface area contributed by atoms with Gasteiger partial charge in [-0.2, -0.15) is 5.26 Å². The molecule has 0 unspecified atom stereocenters. The fourth-order valence-electron chi connectivity index (χ4n) is 4.05. The third-order valence-electron chi connectivity index (χ3n) is 5.98. The van der Waals surface area contributed by atoms with Crippen LogP contribution in [-0.4, -0.2) is 19.6 Å². The summed E-state index contributed by atoms with van der Waals surface area (Å²) < 4.78 is 12.4. The van der Waals surface area contributed by atoms with Crippen molar-refractivity contribution in [1.82, 2.24) is 5.32 Å². The van der Waals surface area contributed by atoms with E-state index in [1.165, 1.54) is 5.56 Å². The van der Waals surface area contributed by atoms with Crippen LogP contribution in [0.15, 0.2) is 95.0 Å². The highest BCUT2D eigenvalue weighted by molar-refractivity contribution is 9.10. The topological polar surface area (TPSA) is 71.3 Å². The molecule has 186 valence electrons. The molecule has 0 fully saturated rings. The number of fused-ring (bicyclic) bond motifs is 1. The molecule has 0 saturated heterocycles. The normalized spacial score (nSPS) is 11.1. The third kappa shape index (κ3) is 6.78. The largest absolute Gasteiger partial charge is 0.493 e. The third-order valence-corrected chi connectivity index (χ3v) is 6.67. The number of halogens is 1. The van der Waals surface area contributed by atoms with Crippen LogP contribution >= 0.6 is 15.9 Å². The molecule has 5 nitrogen and oxygen atoms in total. The first-order valence-corrected chi connectivity index (χ1v) is 12.8. The summed E-state index contributed by atoms with van der Waals surface area (Å²) in [7, 11) is 1.56. The van der Waals surface area contributed by atoms with Gasteiger partial charge in [0.15, 0.2) is 11.5 Å². The van der Waals surface area contributed by atoms with Crippen LogP contribution in [0.4, 0.5) is 0 Å². The number of rotatable bonds is 10. The van der Waals surface area contributed by atoms with Gasteiger partial charge >= 0.3 is 0 Å². The predicted octanol–water partition coefficient (Wildman–Crippen LogP) is 6.85. The van der Waals surface area contributed by atoms with Crippen molar-refractivity contribution in [2.45, 2.75) is 19.4 Å². The number of carbonyl (C=O) groups is 1. The lowest BCUT2D eigenvalue weighted by atomic mass is 10.1. The molecule has 1 amide bonds. The lowest BCUT2D eigenvalue weighted by Gasteiger charge is -2.14. The van der Waals surface area contributed by atoms with E-state index in [9.17, 15) is 10.1 Å². The molecule has 37 heavy (non-hydrogen) atoms. The minimum atomic E-state index is -0.405. The number of hydrogen-bond acceptors (Lipinski definition) is 4. The molecule has 6 heteroatoms. The zero-order valence-electron chi connectivity index (χ0n) is 20.5. The van der Waals surface area contributed by atoms with Gasteiger partial charge in [-0.1, -0.05) is 88.7 Å². The molecule has 4 aromatic rings. The van der Waals surface area contributed by atoms with Crippen LogP contribution < -0.4 is 14.8 Å². The number of nitrogens with one attached hydrogen (secondary N) is 1. The molecule has 0 saturated carbocycles. The van der Waals surface area contributed by atoms with E-state index in [4.69, 9.17) is 9.47 Å². The first kappa shape index (κ1) is 26.0. The minimum absolute atomic E-state index is 0.0203. The van der Waals surface area contributed by atoms with Gasteiger partial charge in [-0.05, 0) is 58.5 Å². The second-order valence-corrected chi connectivity index (χ2v) is 9.32. The zero-order valence-corrected chi connectivity index (χ0v) is 22.1. The Hall–Kier alpha value is -4.08. The number of benzene rings is 4. The Morgan fingerprint density at radius 1 is 1.00 bits per heavy atom. The van der Waals surface area contributed by atoms with Gasteiger partial charge < -0.3 is 14.8 Å². The minimum Gasteiger partial charge on any atom is -0.493 e. The van der Waals surface area contributed by atoms with E-state index in [1.54, 1.807) is 25.3 Å². The van der Waals surface area contributed by atoms with E-state index < -0.39 is 5.91 Å². The average Bonchev–Trinajstić information content (AvgIpc) is 2.94. The summed E-state index contributed by atoms with van der Waals surface area (Å²) in [5, 5.41) is 14.7. The maximum absolute atomic E-state index is 12.6. The van der Waals surface area contributed by atoms with Gasteiger partial charge in [0.05, 0.1) is 7.11 Å². The molecule has 0 aliphatic carbocycles. The Kier molecular flexibility index (Phi) is 8.96. The van der Waals surface area contributed by atoms with E-state index in [0.29, 0.717) is 34.7 Å². The van der Waals surface area contributed by atoms with Crippen LogP contribution in [0.3, 0.4) is 0 Å². The standard InChI is InChI=1S/C31H27BrN2O3/c1-36-29-18-25(17-26(20-33)31(35)34-16-8-11-22-9-3-2-4-10-22)28(32)19-30(29)37-21-24-14-7-13-23-12-5-6-15-27(23)24/h2-7,9-10,12-15,17-19H,8,11,16,21H2,1H3,(H,34,35)/b26-17-. The van der Waals surface area contributed by atoms with Gasteiger partial charge in [0.1, 0.15) is 18.2 Å². The van der Waals surface area contributed by atoms with Gasteiger partial charge in [0.2, 0.25) is 0 Å². The highest BCUT2D eigenvalue weighted by Gasteiger charge is 2.14. The molecule has 0 atom stereocenters. The van der Waals surface area contributed by atoms with E-state index in [0.717, 1.165) is 29.2 Å². The van der Waals surface area contributed by atoms with E-state index in [1.807, 2.05) is 48.5 Å². The summed E-state index contributed by atoms with van der Waals surface area (Å²) in [5.41, 5.74) is 2.94. The molecular formula is C31H27BrN2O3. The van der Waals surface area contributed by atoms with Crippen LogP contribution in [0.25, 0.3) is 16.8 Å². The maximum atomic E-state index is 12.6. The van der Waals surface area contributed by atoms with Crippen molar-refractivity contribution in [2.75, 3.05) is 13.7 Å². The van der Waals surface area contributed by atoms with Crippen LogP contribution in [-0.2, 0) is 17.8 Å². The summed E-state index contributed by atoms with van der Waals surface area (Å²) in [6, 6.07) is 29.9. The van der Waals surface area contributed by atoms with Crippen molar-refractivity contribution >= 4 is 38.7 Å². The molecule has 0 spiro atoms. The SMILES string of the molecule is COc1cc(/C=C(/C#N)C(=O)NCCCc2ccccc2)c(Br)cc1OCc1cccc2ccccc12. The second-order valence-electron chi connectivity index (χ2n) is 8.47. The Morgan fingerprint density at radius 3 is 2.54 bits per heavy atom. The predicted molar refractivity (Wildman–Crippen MR) is 150 cm³/mol. The first-order chi connectivity index (χ1) is 18.1. The summed E-state index contributed by atoms with van der Waals surface area (Å²) >= 11 is 3.55. The van der Waals surface area contributed by atoms with Crippen molar-refractivity contribution < 1.29 is 14.3 Å². The quantitative estimate of drug-likeness (QED) is 0.132. The second kappa shape index (κ2) is 12.8. The maximum Gasteiger partial charge on any atom is 0.261 e. The highest BCUT2D eigenvalue weighted by atomic mass is 79.9. The fraction of sp³-hybridized carbons (Fsp3) is 0.161. The molecule has 4 aromatic carbocycles. The van der Waals surface area contributed by atoms with Gasteiger partial charge in [-0.3, -0.25) is 4.79 Å². The highest BCUT2D eigenvalue weighted by Crippen LogP contribution is 2.35. The van der Waals surface area contributed by atoms with Crippen LogP contribution in [0, 0.1) is 11.3 Å². The molecule has 0 aromatic heterocycles. The van der Waals surface area contributed by atoms with Gasteiger partial charge in [0, 0.05) is 11.0 Å². The molecule has 0 aliphatic rings. The van der Waals surface area contributed by atoms with Crippen LogP contribution in [0.2, 0.25) is 0 Å². The van der Waals surface area contributed by atoms with E-state index >= 15 is 0 Å². The number of nitrogens with zero attached hydrogens (tertiary/aromatic N) is 1. The Balaban J connectivity index is 1.44. The molecule has 0 bridgehead atoms. The Bertz CT molecular complexity index is 1450. The van der Waals surface area contributed by atoms with E-state index in [-0.39, 0.29) is 5.57 Å². The van der Waals surface area contributed by atoms with Crippen molar-refractivity contribution in [3.8, 4) is 17.6 Å². The summed E-state index contributed by atoms with van der Waals surface area (Å²) in [4.78, 5) is 12.6. The number of carbonyl (C=O) groups excluding carboxylic acids is 1. The average molecular weight is 555 g/mol. The molecule has 0 radical (unpaired) electrons. The lowest BCUT2D eigenvalue weighted by molar-refractivity contribution is -0.117. The number of hydrogen-bond donors (Lipinski definition) is 1. The lowest BCUT2D eigenvalue weighted by Crippen LogP contribution is -2.25. The van der Waals surface area contributed by atoms with Crippen LogP contribution in [0.5, 0.6) is 11.5 Å². The Morgan fingerprint density at radius 2 is 1.76 bits per heavy atom. The fourth-order valence-corrected chi connectivity index (χ4v) is 4.48. The summed E-state index contributed by atoms with van der Waals surface area (Å²) in [6.07, 6.45) is 3.19. The van der Waals surface area contributed by atoms with Gasteiger partial charge in [-0.15, -0.1) is 0 Å². The number of amides is 1. The zero-order chi connectivity index (χ0) is 26.0. The first-order valence-electron chi connectivity index (χ1n) is 12.0.